The summed E-state index contributed by atoms with van der Waals surface area (Å²) in [5, 5.41) is 12.7. The molecule has 0 saturated heterocycles. The number of fused-ring (bicyclic) bond motifs is 1. The van der Waals surface area contributed by atoms with E-state index in [4.69, 9.17) is 4.74 Å². The Morgan fingerprint density at radius 1 is 1.03 bits per heavy atom. The first-order chi connectivity index (χ1) is 14.7. The second-order valence-electron chi connectivity index (χ2n) is 7.10. The number of phenols is 1. The van der Waals surface area contributed by atoms with Crippen molar-refractivity contribution in [3.63, 3.8) is 0 Å². The van der Waals surface area contributed by atoms with E-state index in [0.29, 0.717) is 35.4 Å². The third-order valence-corrected chi connectivity index (χ3v) is 5.40. The number of methoxy groups -OCH3 is 1. The van der Waals surface area contributed by atoms with Crippen LogP contribution in [-0.2, 0) is 14.1 Å². The molecule has 1 aromatic heterocycles. The number of nitrogens with one attached hydrogen (secondary N) is 1. The molecule has 3 rings (SSSR count). The molecule has 0 saturated carbocycles. The van der Waals surface area contributed by atoms with Crippen molar-refractivity contribution in [3.05, 3.63) is 56.6 Å². The molecule has 3 aromatic rings. The fourth-order valence-corrected chi connectivity index (χ4v) is 3.55. The van der Waals surface area contributed by atoms with Gasteiger partial charge in [0.05, 0.1) is 29.5 Å². The average Bonchev–Trinajstić information content (AvgIpc) is 2.77. The second-order valence-corrected chi connectivity index (χ2v) is 7.10. The molecule has 0 aliphatic carbocycles. The Hall–Kier alpha value is -3.75. The molecule has 0 aliphatic heterocycles. The molecule has 2 aromatic carbocycles. The van der Waals surface area contributed by atoms with Crippen molar-refractivity contribution in [2.75, 3.05) is 30.4 Å². The van der Waals surface area contributed by atoms with Crippen molar-refractivity contribution in [1.82, 2.24) is 9.13 Å². The van der Waals surface area contributed by atoms with Crippen molar-refractivity contribution in [2.45, 2.75) is 13.8 Å². The molecule has 31 heavy (non-hydrogen) atoms. The molecule has 1 heterocycles. The molecule has 0 fully saturated rings. The fourth-order valence-electron chi connectivity index (χ4n) is 3.55. The summed E-state index contributed by atoms with van der Waals surface area (Å²) in [6.07, 6.45) is 0. The first kappa shape index (κ1) is 21.9. The first-order valence-electron chi connectivity index (χ1n) is 9.90. The molecule has 0 spiro atoms. The zero-order chi connectivity index (χ0) is 22.9. The standard InChI is InChI=1S/C22H26N4O5/c1-6-26(7-2)15-12-17-16(24(3)21(29)22(30)25(17)4)11-14(15)23-20(28)13-8-9-18(27)19(10-13)31-5/h8-12,27H,6-7H2,1-5H3,(H,23,28). The van der Waals surface area contributed by atoms with Crippen LogP contribution in [0.25, 0.3) is 11.0 Å². The summed E-state index contributed by atoms with van der Waals surface area (Å²) in [5.74, 6) is -0.280. The lowest BCUT2D eigenvalue weighted by molar-refractivity contribution is 0.102. The van der Waals surface area contributed by atoms with Gasteiger partial charge in [-0.15, -0.1) is 0 Å². The number of anilines is 2. The Balaban J connectivity index is 2.20. The summed E-state index contributed by atoms with van der Waals surface area (Å²) in [4.78, 5) is 39.6. The Morgan fingerprint density at radius 2 is 1.61 bits per heavy atom. The van der Waals surface area contributed by atoms with Crippen molar-refractivity contribution in [3.8, 4) is 11.5 Å². The number of rotatable bonds is 6. The van der Waals surface area contributed by atoms with Crippen LogP contribution in [0.3, 0.4) is 0 Å². The number of aryl methyl sites for hydroxylation is 2. The van der Waals surface area contributed by atoms with Gasteiger partial charge in [-0.25, -0.2) is 0 Å². The van der Waals surface area contributed by atoms with Gasteiger partial charge < -0.3 is 29.2 Å². The van der Waals surface area contributed by atoms with Crippen molar-refractivity contribution < 1.29 is 14.6 Å². The van der Waals surface area contributed by atoms with Crippen LogP contribution in [0.2, 0.25) is 0 Å². The molecule has 2 N–H and O–H groups in total. The molecule has 0 radical (unpaired) electrons. The number of amides is 1. The van der Waals surface area contributed by atoms with Gasteiger partial charge in [0.2, 0.25) is 0 Å². The van der Waals surface area contributed by atoms with E-state index in [1.54, 1.807) is 19.2 Å². The molecule has 0 aliphatic rings. The van der Waals surface area contributed by atoms with Crippen LogP contribution < -0.4 is 26.1 Å². The van der Waals surface area contributed by atoms with E-state index >= 15 is 0 Å². The number of aromatic hydroxyl groups is 1. The monoisotopic (exact) mass is 426 g/mol. The van der Waals surface area contributed by atoms with Crippen LogP contribution in [0.5, 0.6) is 11.5 Å². The Morgan fingerprint density at radius 3 is 2.16 bits per heavy atom. The highest BCUT2D eigenvalue weighted by Crippen LogP contribution is 2.32. The third-order valence-electron chi connectivity index (χ3n) is 5.40. The lowest BCUT2D eigenvalue weighted by Gasteiger charge is -2.25. The highest BCUT2D eigenvalue weighted by molar-refractivity contribution is 6.07. The molecule has 164 valence electrons. The number of hydrogen-bond acceptors (Lipinski definition) is 6. The summed E-state index contributed by atoms with van der Waals surface area (Å²) < 4.78 is 7.69. The predicted molar refractivity (Wildman–Crippen MR) is 121 cm³/mol. The quantitative estimate of drug-likeness (QED) is 0.585. The van der Waals surface area contributed by atoms with Gasteiger partial charge in [-0.3, -0.25) is 14.4 Å². The number of hydrogen-bond donors (Lipinski definition) is 2. The summed E-state index contributed by atoms with van der Waals surface area (Å²) in [6, 6.07) is 7.82. The maximum absolute atomic E-state index is 13.0. The van der Waals surface area contributed by atoms with Crippen LogP contribution in [-0.4, -0.2) is 40.3 Å². The Bertz CT molecular complexity index is 1270. The van der Waals surface area contributed by atoms with E-state index < -0.39 is 17.0 Å². The van der Waals surface area contributed by atoms with Crippen molar-refractivity contribution >= 4 is 28.3 Å². The fraction of sp³-hybridized carbons (Fsp3) is 0.318. The highest BCUT2D eigenvalue weighted by Gasteiger charge is 2.18. The maximum Gasteiger partial charge on any atom is 0.316 e. The van der Waals surface area contributed by atoms with Gasteiger partial charge in [0.15, 0.2) is 11.5 Å². The largest absolute Gasteiger partial charge is 0.504 e. The van der Waals surface area contributed by atoms with Gasteiger partial charge in [-0.2, -0.15) is 0 Å². The first-order valence-corrected chi connectivity index (χ1v) is 9.90. The number of carbonyl (C=O) groups is 1. The minimum Gasteiger partial charge on any atom is -0.504 e. The van der Waals surface area contributed by atoms with Crippen molar-refractivity contribution in [2.24, 2.45) is 14.1 Å². The lowest BCUT2D eigenvalue weighted by Crippen LogP contribution is -2.39. The third kappa shape index (κ3) is 3.86. The Labute approximate surface area is 179 Å². The molecular weight excluding hydrogens is 400 g/mol. The van der Waals surface area contributed by atoms with Crippen LogP contribution >= 0.6 is 0 Å². The summed E-state index contributed by atoms with van der Waals surface area (Å²) in [7, 11) is 4.49. The Kier molecular flexibility index (Phi) is 6.05. The van der Waals surface area contributed by atoms with Gasteiger partial charge in [0.1, 0.15) is 0 Å². The minimum absolute atomic E-state index is 0.0653. The van der Waals surface area contributed by atoms with E-state index in [2.05, 4.69) is 5.32 Å². The van der Waals surface area contributed by atoms with Gasteiger partial charge in [0, 0.05) is 32.7 Å². The second kappa shape index (κ2) is 8.55. The smallest absolute Gasteiger partial charge is 0.316 e. The zero-order valence-corrected chi connectivity index (χ0v) is 18.2. The van der Waals surface area contributed by atoms with Crippen LogP contribution in [0, 0.1) is 0 Å². The molecule has 9 heteroatoms. The number of ether oxygens (including phenoxy) is 1. The summed E-state index contributed by atoms with van der Waals surface area (Å²) in [5.41, 5.74) is 1.36. The molecule has 0 bridgehead atoms. The molecular formula is C22H26N4O5. The SMILES string of the molecule is CCN(CC)c1cc2c(cc1NC(=O)c1ccc(O)c(OC)c1)n(C)c(=O)c(=O)n2C. The van der Waals surface area contributed by atoms with E-state index in [9.17, 15) is 19.5 Å². The molecule has 9 nitrogen and oxygen atoms in total. The summed E-state index contributed by atoms with van der Waals surface area (Å²) >= 11 is 0. The van der Waals surface area contributed by atoms with Crippen LogP contribution in [0.4, 0.5) is 11.4 Å². The van der Waals surface area contributed by atoms with E-state index in [1.807, 2.05) is 18.7 Å². The van der Waals surface area contributed by atoms with Gasteiger partial charge in [-0.05, 0) is 44.2 Å². The maximum atomic E-state index is 13.0. The average molecular weight is 426 g/mol. The van der Waals surface area contributed by atoms with Crippen LogP contribution in [0.15, 0.2) is 39.9 Å². The van der Waals surface area contributed by atoms with E-state index in [0.717, 1.165) is 5.69 Å². The summed E-state index contributed by atoms with van der Waals surface area (Å²) in [6.45, 7) is 5.34. The number of nitrogens with zero attached hydrogens (tertiary/aromatic N) is 3. The van der Waals surface area contributed by atoms with Gasteiger partial charge >= 0.3 is 11.1 Å². The number of aromatic nitrogens is 2. The van der Waals surface area contributed by atoms with Gasteiger partial charge in [-0.1, -0.05) is 0 Å². The van der Waals surface area contributed by atoms with Gasteiger partial charge in [0.25, 0.3) is 5.91 Å². The van der Waals surface area contributed by atoms with E-state index in [1.165, 1.54) is 41.5 Å². The lowest BCUT2D eigenvalue weighted by atomic mass is 10.1. The number of benzene rings is 2. The minimum atomic E-state index is -0.647. The van der Waals surface area contributed by atoms with Crippen molar-refractivity contribution in [1.29, 1.82) is 0 Å². The number of phenolic OH excluding ortho intramolecular Hbond substituents is 1. The topological polar surface area (TPSA) is 106 Å². The molecule has 0 unspecified atom stereocenters. The van der Waals surface area contributed by atoms with Crippen LogP contribution in [0.1, 0.15) is 24.2 Å². The molecule has 0 atom stereocenters. The zero-order valence-electron chi connectivity index (χ0n) is 18.2. The number of carbonyl (C=O) groups excluding carboxylic acids is 1. The van der Waals surface area contributed by atoms with E-state index in [-0.39, 0.29) is 11.5 Å². The highest BCUT2D eigenvalue weighted by atomic mass is 16.5. The molecule has 1 amide bonds. The predicted octanol–water partition coefficient (Wildman–Crippen LogP) is 2.05. The normalized spacial score (nSPS) is 10.9.